The number of benzene rings is 3. The minimum Gasteiger partial charge on any atom is -0.367 e. The van der Waals surface area contributed by atoms with Gasteiger partial charge < -0.3 is 9.88 Å². The van der Waals surface area contributed by atoms with Crippen molar-refractivity contribution < 1.29 is 4.39 Å². The number of tetrazole rings is 1. The largest absolute Gasteiger partial charge is 0.367 e. The molecule has 1 aliphatic heterocycles. The Morgan fingerprint density at radius 2 is 1.64 bits per heavy atom. The van der Waals surface area contributed by atoms with Crippen molar-refractivity contribution in [3.8, 4) is 0 Å². The van der Waals surface area contributed by atoms with Crippen LogP contribution in [0.25, 0.3) is 10.9 Å². The number of para-hydroxylation sites is 1. The molecule has 39 heavy (non-hydrogen) atoms. The second kappa shape index (κ2) is 10.4. The van der Waals surface area contributed by atoms with Crippen LogP contribution in [0.1, 0.15) is 34.1 Å². The van der Waals surface area contributed by atoms with Gasteiger partial charge in [0.15, 0.2) is 5.82 Å². The molecule has 1 saturated heterocycles. The van der Waals surface area contributed by atoms with Crippen LogP contribution in [-0.2, 0) is 6.54 Å². The average molecular weight is 524 g/mol. The lowest BCUT2D eigenvalue weighted by atomic mass is 9.99. The van der Waals surface area contributed by atoms with Crippen molar-refractivity contribution in [1.29, 1.82) is 0 Å². The lowest BCUT2D eigenvalue weighted by molar-refractivity contribution is 0.200. The van der Waals surface area contributed by atoms with Crippen LogP contribution in [0.3, 0.4) is 0 Å². The predicted molar refractivity (Wildman–Crippen MR) is 149 cm³/mol. The van der Waals surface area contributed by atoms with E-state index in [2.05, 4.69) is 31.5 Å². The van der Waals surface area contributed by atoms with Crippen molar-refractivity contribution in [3.05, 3.63) is 117 Å². The Balaban J connectivity index is 1.42. The number of hydrogen-bond donors (Lipinski definition) is 1. The summed E-state index contributed by atoms with van der Waals surface area (Å²) in [6.07, 6.45) is 0. The fraction of sp³-hybridized carbons (Fsp3) is 0.267. The van der Waals surface area contributed by atoms with Crippen molar-refractivity contribution >= 4 is 16.6 Å². The summed E-state index contributed by atoms with van der Waals surface area (Å²) in [7, 11) is 0. The van der Waals surface area contributed by atoms with Crippen molar-refractivity contribution in [2.24, 2.45) is 0 Å². The maximum atomic E-state index is 14.5. The molecular weight excluding hydrogens is 493 g/mol. The minimum absolute atomic E-state index is 0.160. The first kappa shape index (κ1) is 24.9. The molecule has 3 heterocycles. The minimum atomic E-state index is -0.473. The van der Waals surface area contributed by atoms with Crippen LogP contribution in [0.5, 0.6) is 0 Å². The van der Waals surface area contributed by atoms with Gasteiger partial charge in [-0.05, 0) is 59.2 Å². The van der Waals surface area contributed by atoms with E-state index >= 15 is 0 Å². The van der Waals surface area contributed by atoms with Crippen molar-refractivity contribution in [3.63, 3.8) is 0 Å². The first-order valence-corrected chi connectivity index (χ1v) is 13.2. The number of anilines is 1. The van der Waals surface area contributed by atoms with E-state index in [0.29, 0.717) is 49.8 Å². The van der Waals surface area contributed by atoms with E-state index in [1.807, 2.05) is 73.3 Å². The van der Waals surface area contributed by atoms with Gasteiger partial charge in [-0.2, -0.15) is 0 Å². The van der Waals surface area contributed by atoms with E-state index in [-0.39, 0.29) is 11.4 Å². The van der Waals surface area contributed by atoms with E-state index in [1.165, 1.54) is 6.07 Å². The average Bonchev–Trinajstić information content (AvgIpc) is 3.40. The third-order valence-electron chi connectivity index (χ3n) is 7.62. The third-order valence-corrected chi connectivity index (χ3v) is 7.62. The molecule has 6 rings (SSSR count). The quantitative estimate of drug-likeness (QED) is 0.359. The fourth-order valence-corrected chi connectivity index (χ4v) is 5.50. The molecule has 0 aliphatic carbocycles. The van der Waals surface area contributed by atoms with Crippen molar-refractivity contribution in [2.75, 3.05) is 31.1 Å². The van der Waals surface area contributed by atoms with Crippen LogP contribution in [0.2, 0.25) is 0 Å². The van der Waals surface area contributed by atoms with E-state index in [0.717, 1.165) is 27.6 Å². The Hall–Kier alpha value is -4.37. The topological polar surface area (TPSA) is 82.9 Å². The number of aromatic amines is 1. The molecule has 1 N–H and O–H groups in total. The van der Waals surface area contributed by atoms with E-state index in [4.69, 9.17) is 0 Å². The molecule has 5 aromatic rings. The van der Waals surface area contributed by atoms with Gasteiger partial charge in [0.05, 0.1) is 17.7 Å². The summed E-state index contributed by atoms with van der Waals surface area (Å²) in [5.74, 6) is 0.375. The zero-order valence-electron chi connectivity index (χ0n) is 22.0. The van der Waals surface area contributed by atoms with Gasteiger partial charge in [-0.3, -0.25) is 9.69 Å². The molecule has 8 nitrogen and oxygen atoms in total. The number of rotatable bonds is 6. The van der Waals surface area contributed by atoms with Crippen LogP contribution in [0.4, 0.5) is 10.1 Å². The summed E-state index contributed by atoms with van der Waals surface area (Å²) in [4.78, 5) is 21.1. The molecule has 9 heteroatoms. The highest BCUT2D eigenvalue weighted by Crippen LogP contribution is 2.31. The van der Waals surface area contributed by atoms with E-state index in [9.17, 15) is 9.18 Å². The summed E-state index contributed by atoms with van der Waals surface area (Å²) in [6.45, 7) is 6.98. The van der Waals surface area contributed by atoms with Gasteiger partial charge in [0.25, 0.3) is 5.56 Å². The zero-order chi connectivity index (χ0) is 26.9. The number of fused-ring (bicyclic) bond motifs is 1. The van der Waals surface area contributed by atoms with Crippen molar-refractivity contribution in [2.45, 2.75) is 26.4 Å². The highest BCUT2D eigenvalue weighted by molar-refractivity contribution is 5.85. The molecule has 0 unspecified atom stereocenters. The molecule has 1 aliphatic rings. The number of piperazine rings is 1. The fourth-order valence-electron chi connectivity index (χ4n) is 5.50. The molecule has 0 radical (unpaired) electrons. The summed E-state index contributed by atoms with van der Waals surface area (Å²) in [5, 5.41) is 13.8. The van der Waals surface area contributed by atoms with Crippen LogP contribution >= 0.6 is 0 Å². The maximum Gasteiger partial charge on any atom is 0.253 e. The van der Waals surface area contributed by atoms with E-state index in [1.54, 1.807) is 10.7 Å². The Morgan fingerprint density at radius 1 is 0.923 bits per heavy atom. The number of aromatic nitrogens is 5. The molecule has 3 aromatic carbocycles. The Kier molecular flexibility index (Phi) is 6.66. The molecule has 198 valence electrons. The monoisotopic (exact) mass is 523 g/mol. The second-order valence-electron chi connectivity index (χ2n) is 10.1. The molecule has 0 amide bonds. The summed E-state index contributed by atoms with van der Waals surface area (Å²) < 4.78 is 16.3. The van der Waals surface area contributed by atoms with Crippen LogP contribution in [0.15, 0.2) is 77.6 Å². The number of nitrogens with one attached hydrogen (secondary N) is 1. The first-order chi connectivity index (χ1) is 19.0. The number of halogens is 1. The Bertz CT molecular complexity index is 1670. The Morgan fingerprint density at radius 3 is 2.41 bits per heavy atom. The SMILES string of the molecule is Cc1ccc(C)c2[nH]c(=O)c([C@H](c3nnnn3Cc3ccccc3)N3CCN(c4ccccc4F)CC3)cc12. The highest BCUT2D eigenvalue weighted by atomic mass is 19.1. The highest BCUT2D eigenvalue weighted by Gasteiger charge is 2.33. The molecule has 0 spiro atoms. The summed E-state index contributed by atoms with van der Waals surface area (Å²) in [6, 6.07) is 22.5. The van der Waals surface area contributed by atoms with Gasteiger partial charge >= 0.3 is 0 Å². The van der Waals surface area contributed by atoms with Gasteiger partial charge in [0.1, 0.15) is 11.9 Å². The molecule has 1 fully saturated rings. The summed E-state index contributed by atoms with van der Waals surface area (Å²) in [5.41, 5.74) is 5.04. The third kappa shape index (κ3) is 4.81. The van der Waals surface area contributed by atoms with Gasteiger partial charge in [-0.25, -0.2) is 9.07 Å². The normalized spacial score (nSPS) is 15.1. The van der Waals surface area contributed by atoms with E-state index < -0.39 is 6.04 Å². The molecular formula is C30H30FN7O. The van der Waals surface area contributed by atoms with Crippen LogP contribution < -0.4 is 10.5 Å². The summed E-state index contributed by atoms with van der Waals surface area (Å²) >= 11 is 0. The lowest BCUT2D eigenvalue weighted by Crippen LogP contribution is -2.49. The number of H-pyrrole nitrogens is 1. The van der Waals surface area contributed by atoms with Crippen LogP contribution in [0, 0.1) is 19.7 Å². The number of nitrogens with zero attached hydrogens (tertiary/aromatic N) is 6. The molecule has 0 bridgehead atoms. The second-order valence-corrected chi connectivity index (χ2v) is 10.1. The van der Waals surface area contributed by atoms with Gasteiger partial charge in [-0.15, -0.1) is 5.10 Å². The van der Waals surface area contributed by atoms with Gasteiger partial charge in [0.2, 0.25) is 0 Å². The number of hydrogen-bond acceptors (Lipinski definition) is 6. The maximum absolute atomic E-state index is 14.5. The van der Waals surface area contributed by atoms with Gasteiger partial charge in [0, 0.05) is 37.1 Å². The lowest BCUT2D eigenvalue weighted by Gasteiger charge is -2.39. The number of pyridine rings is 1. The van der Waals surface area contributed by atoms with Crippen LogP contribution in [-0.4, -0.2) is 56.3 Å². The molecule has 2 aromatic heterocycles. The number of aryl methyl sites for hydroxylation is 2. The predicted octanol–water partition coefficient (Wildman–Crippen LogP) is 4.23. The van der Waals surface area contributed by atoms with Gasteiger partial charge in [-0.1, -0.05) is 54.6 Å². The Labute approximate surface area is 225 Å². The molecule has 0 saturated carbocycles. The standard InChI is InChI=1S/C30H30FN7O/c1-20-12-13-21(2)27-23(20)18-24(30(39)32-27)28(29-33-34-35-38(29)19-22-8-4-3-5-9-22)37-16-14-36(15-17-37)26-11-7-6-10-25(26)31/h3-13,18,28H,14-17,19H2,1-2H3,(H,32,39)/t28-/m1/s1. The zero-order valence-corrected chi connectivity index (χ0v) is 22.0. The first-order valence-electron chi connectivity index (χ1n) is 13.2. The molecule has 1 atom stereocenters. The smallest absolute Gasteiger partial charge is 0.253 e. The van der Waals surface area contributed by atoms with Crippen molar-refractivity contribution in [1.82, 2.24) is 30.1 Å².